The maximum Gasteiger partial charge on any atom is 0.407 e. The molecule has 0 aliphatic heterocycles. The van der Waals surface area contributed by atoms with E-state index in [1.165, 1.54) is 0 Å². The van der Waals surface area contributed by atoms with Crippen LogP contribution >= 0.6 is 11.8 Å². The van der Waals surface area contributed by atoms with E-state index in [9.17, 15) is 19.5 Å². The third-order valence-electron chi connectivity index (χ3n) is 3.41. The van der Waals surface area contributed by atoms with Crippen molar-refractivity contribution in [3.63, 3.8) is 0 Å². The number of alkyl carbamates (subject to hydrolysis) is 1. The number of unbranched alkanes of at least 4 members (excludes halogenated alkanes) is 1. The SMILES string of the molecule is CCCCOC(=O)NC(CSC(N)CC(=O)OCc1ccccc1)C(=O)O. The van der Waals surface area contributed by atoms with Crippen molar-refractivity contribution in [2.45, 2.75) is 44.2 Å². The lowest BCUT2D eigenvalue weighted by molar-refractivity contribution is -0.145. The van der Waals surface area contributed by atoms with Crippen LogP contribution in [0.1, 0.15) is 31.7 Å². The van der Waals surface area contributed by atoms with Gasteiger partial charge >= 0.3 is 18.0 Å². The number of carboxylic acid groups (broad SMARTS) is 1. The molecule has 4 N–H and O–H groups in total. The number of hydrogen-bond acceptors (Lipinski definition) is 7. The number of carbonyl (C=O) groups excluding carboxylic acids is 2. The smallest absolute Gasteiger partial charge is 0.407 e. The second kappa shape index (κ2) is 13.0. The third-order valence-corrected chi connectivity index (χ3v) is 4.53. The summed E-state index contributed by atoms with van der Waals surface area (Å²) in [7, 11) is 0. The highest BCUT2D eigenvalue weighted by molar-refractivity contribution is 7.99. The lowest BCUT2D eigenvalue weighted by Gasteiger charge is -2.17. The van der Waals surface area contributed by atoms with Gasteiger partial charge in [-0.05, 0) is 12.0 Å². The van der Waals surface area contributed by atoms with Crippen LogP contribution < -0.4 is 11.1 Å². The lowest BCUT2D eigenvalue weighted by atomic mass is 10.2. The van der Waals surface area contributed by atoms with Crippen molar-refractivity contribution in [2.24, 2.45) is 5.73 Å². The van der Waals surface area contributed by atoms with E-state index in [0.717, 1.165) is 23.7 Å². The van der Waals surface area contributed by atoms with Gasteiger partial charge in [0.25, 0.3) is 0 Å². The number of aliphatic carboxylic acids is 1. The fourth-order valence-corrected chi connectivity index (χ4v) is 2.83. The number of hydrogen-bond donors (Lipinski definition) is 3. The van der Waals surface area contributed by atoms with Crippen LogP contribution in [0.15, 0.2) is 30.3 Å². The molecule has 0 fully saturated rings. The van der Waals surface area contributed by atoms with Crippen LogP contribution in [-0.2, 0) is 25.7 Å². The van der Waals surface area contributed by atoms with E-state index >= 15 is 0 Å². The maximum absolute atomic E-state index is 11.8. The second-order valence-electron chi connectivity index (χ2n) is 5.75. The molecule has 2 atom stereocenters. The van der Waals surface area contributed by atoms with Gasteiger partial charge in [0.05, 0.1) is 18.4 Å². The molecule has 1 aromatic carbocycles. The molecule has 150 valence electrons. The van der Waals surface area contributed by atoms with Crippen LogP contribution in [0, 0.1) is 0 Å². The average Bonchev–Trinajstić information content (AvgIpc) is 2.64. The summed E-state index contributed by atoms with van der Waals surface area (Å²) < 4.78 is 10.0. The molecule has 1 aromatic rings. The molecule has 0 aliphatic carbocycles. The maximum atomic E-state index is 11.8. The number of carboxylic acids is 1. The molecule has 1 rings (SSSR count). The predicted octanol–water partition coefficient (Wildman–Crippen LogP) is 2.12. The zero-order valence-electron chi connectivity index (χ0n) is 15.3. The summed E-state index contributed by atoms with van der Waals surface area (Å²) in [6, 6.07) is 8.07. The standard InChI is InChI=1S/C18H26N2O6S/c1-2-3-9-25-18(24)20-14(17(22)23)12-27-15(19)10-16(21)26-11-13-7-5-4-6-8-13/h4-8,14-15H,2-3,9-12,19H2,1H3,(H,20,24)(H,22,23). The van der Waals surface area contributed by atoms with Gasteiger partial charge in [0, 0.05) is 5.75 Å². The van der Waals surface area contributed by atoms with E-state index in [0.29, 0.717) is 6.42 Å². The summed E-state index contributed by atoms with van der Waals surface area (Å²) in [5, 5.41) is 10.8. The van der Waals surface area contributed by atoms with Crippen LogP contribution in [0.3, 0.4) is 0 Å². The average molecular weight is 398 g/mol. The molecular weight excluding hydrogens is 372 g/mol. The number of nitrogens with one attached hydrogen (secondary N) is 1. The molecule has 27 heavy (non-hydrogen) atoms. The Balaban J connectivity index is 2.31. The zero-order valence-corrected chi connectivity index (χ0v) is 16.1. The van der Waals surface area contributed by atoms with Gasteiger partial charge in [-0.15, -0.1) is 11.8 Å². The Morgan fingerprint density at radius 2 is 1.93 bits per heavy atom. The molecule has 0 saturated heterocycles. The first-order valence-corrected chi connectivity index (χ1v) is 9.70. The van der Waals surface area contributed by atoms with Gasteiger partial charge in [-0.3, -0.25) is 4.79 Å². The number of nitrogens with two attached hydrogens (primary N) is 1. The molecule has 0 aliphatic rings. The van der Waals surface area contributed by atoms with Crippen molar-refractivity contribution >= 4 is 29.8 Å². The molecular formula is C18H26N2O6S. The van der Waals surface area contributed by atoms with Crippen LogP contribution in [0.25, 0.3) is 0 Å². The number of esters is 1. The van der Waals surface area contributed by atoms with Gasteiger partial charge in [0.1, 0.15) is 12.6 Å². The minimum Gasteiger partial charge on any atom is -0.480 e. The monoisotopic (exact) mass is 398 g/mol. The number of benzene rings is 1. The van der Waals surface area contributed by atoms with Gasteiger partial charge in [-0.25, -0.2) is 9.59 Å². The number of ether oxygens (including phenoxy) is 2. The van der Waals surface area contributed by atoms with Gasteiger partial charge in [-0.1, -0.05) is 43.7 Å². The minimum atomic E-state index is -1.20. The molecule has 0 bridgehead atoms. The first kappa shape index (κ1) is 22.8. The predicted molar refractivity (Wildman–Crippen MR) is 102 cm³/mol. The van der Waals surface area contributed by atoms with Gasteiger partial charge in [0.15, 0.2) is 0 Å². The van der Waals surface area contributed by atoms with E-state index in [-0.39, 0.29) is 25.4 Å². The topological polar surface area (TPSA) is 128 Å². The summed E-state index contributed by atoms with van der Waals surface area (Å²) in [6.45, 7) is 2.33. The molecule has 0 heterocycles. The second-order valence-corrected chi connectivity index (χ2v) is 7.02. The Bertz CT molecular complexity index is 599. The number of carbonyl (C=O) groups is 3. The van der Waals surface area contributed by atoms with Crippen molar-refractivity contribution in [3.8, 4) is 0 Å². The molecule has 9 heteroatoms. The molecule has 1 amide bonds. The molecule has 0 saturated carbocycles. The highest BCUT2D eigenvalue weighted by Crippen LogP contribution is 2.13. The lowest BCUT2D eigenvalue weighted by Crippen LogP contribution is -2.43. The van der Waals surface area contributed by atoms with Gasteiger partial charge in [-0.2, -0.15) is 0 Å². The first-order valence-electron chi connectivity index (χ1n) is 8.65. The van der Waals surface area contributed by atoms with Gasteiger partial charge < -0.3 is 25.6 Å². The number of amides is 1. The fraction of sp³-hybridized carbons (Fsp3) is 0.500. The van der Waals surface area contributed by atoms with E-state index in [4.69, 9.17) is 15.2 Å². The molecule has 2 unspecified atom stereocenters. The van der Waals surface area contributed by atoms with E-state index in [2.05, 4.69) is 5.32 Å². The van der Waals surface area contributed by atoms with Crippen molar-refractivity contribution in [3.05, 3.63) is 35.9 Å². The largest absolute Gasteiger partial charge is 0.480 e. The van der Waals surface area contributed by atoms with E-state index in [1.807, 2.05) is 37.3 Å². The molecule has 0 radical (unpaired) electrons. The Labute approximate surface area is 162 Å². The highest BCUT2D eigenvalue weighted by atomic mass is 32.2. The zero-order chi connectivity index (χ0) is 20.1. The van der Waals surface area contributed by atoms with Crippen LogP contribution in [-0.4, -0.2) is 46.9 Å². The van der Waals surface area contributed by atoms with Crippen LogP contribution in [0.2, 0.25) is 0 Å². The molecule has 8 nitrogen and oxygen atoms in total. The van der Waals surface area contributed by atoms with Crippen molar-refractivity contribution < 1.29 is 29.0 Å². The Morgan fingerprint density at radius 3 is 2.56 bits per heavy atom. The van der Waals surface area contributed by atoms with Crippen LogP contribution in [0.4, 0.5) is 4.79 Å². The van der Waals surface area contributed by atoms with E-state index in [1.54, 1.807) is 0 Å². The number of rotatable bonds is 12. The third kappa shape index (κ3) is 10.5. The van der Waals surface area contributed by atoms with E-state index < -0.39 is 29.4 Å². The molecule has 0 aromatic heterocycles. The summed E-state index contributed by atoms with van der Waals surface area (Å²) in [5.74, 6) is -1.67. The quantitative estimate of drug-likeness (QED) is 0.277. The summed E-state index contributed by atoms with van der Waals surface area (Å²) in [4.78, 5) is 34.6. The van der Waals surface area contributed by atoms with Crippen molar-refractivity contribution in [1.29, 1.82) is 0 Å². The Morgan fingerprint density at radius 1 is 1.22 bits per heavy atom. The van der Waals surface area contributed by atoms with Crippen molar-refractivity contribution in [2.75, 3.05) is 12.4 Å². The Kier molecular flexibility index (Phi) is 11.0. The van der Waals surface area contributed by atoms with Gasteiger partial charge in [0.2, 0.25) is 0 Å². The minimum absolute atomic E-state index is 0.00530. The highest BCUT2D eigenvalue weighted by Gasteiger charge is 2.22. The fourth-order valence-electron chi connectivity index (χ4n) is 1.91. The first-order chi connectivity index (χ1) is 12.9. The summed E-state index contributed by atoms with van der Waals surface area (Å²) in [6.07, 6.45) is 0.716. The summed E-state index contributed by atoms with van der Waals surface area (Å²) in [5.41, 5.74) is 6.71. The normalized spacial score (nSPS) is 12.7. The van der Waals surface area contributed by atoms with Crippen molar-refractivity contribution in [1.82, 2.24) is 5.32 Å². The molecule has 0 spiro atoms. The van der Waals surface area contributed by atoms with Crippen LogP contribution in [0.5, 0.6) is 0 Å². The number of thioether (sulfide) groups is 1. The Hall–Kier alpha value is -2.26. The summed E-state index contributed by atoms with van der Waals surface area (Å²) >= 11 is 1.06.